The maximum atomic E-state index is 11.0. The molecule has 0 spiro atoms. The van der Waals surface area contributed by atoms with Crippen LogP contribution in [0.4, 0.5) is 5.69 Å². The largest absolute Gasteiger partial charge is 0.382 e. The van der Waals surface area contributed by atoms with Gasteiger partial charge in [0, 0.05) is 31.1 Å². The molecule has 0 bridgehead atoms. The first-order valence-electron chi connectivity index (χ1n) is 8.04. The van der Waals surface area contributed by atoms with E-state index in [2.05, 4.69) is 38.7 Å². The predicted molar refractivity (Wildman–Crippen MR) is 95.5 cm³/mol. The van der Waals surface area contributed by atoms with Crippen LogP contribution >= 0.6 is 0 Å². The highest BCUT2D eigenvalue weighted by Gasteiger charge is 2.20. The van der Waals surface area contributed by atoms with Crippen molar-refractivity contribution in [3.63, 3.8) is 0 Å². The third kappa shape index (κ3) is 1.69. The number of carbonyl (C=O) groups excluding carboxylic acids is 1. The minimum atomic E-state index is 0.653. The second-order valence-electron chi connectivity index (χ2n) is 6.21. The summed E-state index contributed by atoms with van der Waals surface area (Å²) in [5.74, 6) is 0.928. The van der Waals surface area contributed by atoms with E-state index in [0.29, 0.717) is 5.56 Å². The molecule has 5 heteroatoms. The minimum absolute atomic E-state index is 0.653. The van der Waals surface area contributed by atoms with Crippen molar-refractivity contribution in [2.45, 2.75) is 6.54 Å². The van der Waals surface area contributed by atoms with E-state index in [0.717, 1.165) is 41.9 Å². The van der Waals surface area contributed by atoms with E-state index in [1.165, 1.54) is 16.6 Å². The zero-order valence-corrected chi connectivity index (χ0v) is 13.3. The molecule has 0 aliphatic carbocycles. The molecule has 0 atom stereocenters. The van der Waals surface area contributed by atoms with Crippen LogP contribution in [0.3, 0.4) is 0 Å². The monoisotopic (exact) mass is 316 g/mol. The van der Waals surface area contributed by atoms with Crippen LogP contribution in [0.15, 0.2) is 42.5 Å². The second kappa shape index (κ2) is 4.71. The van der Waals surface area contributed by atoms with Crippen molar-refractivity contribution in [1.29, 1.82) is 0 Å². The van der Waals surface area contributed by atoms with E-state index >= 15 is 0 Å². The summed E-state index contributed by atoms with van der Waals surface area (Å²) < 4.78 is 4.44. The van der Waals surface area contributed by atoms with E-state index in [4.69, 9.17) is 4.98 Å². The number of nitrogens with zero attached hydrogens (tertiary/aromatic N) is 3. The second-order valence-corrected chi connectivity index (χ2v) is 6.21. The molecule has 0 radical (unpaired) electrons. The number of rotatable bonds is 2. The van der Waals surface area contributed by atoms with E-state index < -0.39 is 0 Å². The molecule has 3 heterocycles. The molecule has 0 saturated carbocycles. The molecule has 0 saturated heterocycles. The Bertz CT molecular complexity index is 1120. The van der Waals surface area contributed by atoms with Crippen LogP contribution in [-0.2, 0) is 13.6 Å². The molecule has 0 fully saturated rings. The van der Waals surface area contributed by atoms with Gasteiger partial charge in [-0.2, -0.15) is 0 Å². The fraction of sp³-hybridized carbons (Fsp3) is 0.158. The maximum Gasteiger partial charge on any atom is 0.157 e. The first-order chi connectivity index (χ1) is 11.8. The van der Waals surface area contributed by atoms with Crippen LogP contribution in [0.5, 0.6) is 0 Å². The normalized spacial score (nSPS) is 13.4. The number of para-hydroxylation sites is 1. The summed E-state index contributed by atoms with van der Waals surface area (Å²) in [6, 6.07) is 14.2. The standard InChI is InChI=1S/C19H16N4O/c1-22-16-6-5-12(11-24)9-15(16)21-19(22)17-10-13-3-2-4-14-18(13)23(17)8-7-20-14/h2-6,9-11,20H,7-8H2,1H3. The summed E-state index contributed by atoms with van der Waals surface area (Å²) in [4.78, 5) is 15.8. The zero-order chi connectivity index (χ0) is 16.3. The van der Waals surface area contributed by atoms with Gasteiger partial charge in [-0.25, -0.2) is 4.98 Å². The number of imidazole rings is 1. The molecule has 1 aliphatic rings. The molecule has 2 aromatic heterocycles. The van der Waals surface area contributed by atoms with Crippen LogP contribution in [0, 0.1) is 0 Å². The summed E-state index contributed by atoms with van der Waals surface area (Å²) >= 11 is 0. The van der Waals surface area contributed by atoms with E-state index in [1.54, 1.807) is 0 Å². The lowest BCUT2D eigenvalue weighted by molar-refractivity contribution is 0.112. The Kier molecular flexibility index (Phi) is 2.62. The summed E-state index contributed by atoms with van der Waals surface area (Å²) in [6.07, 6.45) is 0.862. The van der Waals surface area contributed by atoms with Crippen molar-refractivity contribution < 1.29 is 4.79 Å². The average molecular weight is 316 g/mol. The van der Waals surface area contributed by atoms with Crippen LogP contribution < -0.4 is 5.32 Å². The van der Waals surface area contributed by atoms with Crippen molar-refractivity contribution in [2.24, 2.45) is 7.05 Å². The van der Waals surface area contributed by atoms with Gasteiger partial charge in [0.1, 0.15) is 6.29 Å². The molecular weight excluding hydrogens is 300 g/mol. The minimum Gasteiger partial charge on any atom is -0.382 e. The molecule has 0 amide bonds. The Balaban J connectivity index is 1.82. The predicted octanol–water partition coefficient (Wildman–Crippen LogP) is 3.43. The van der Waals surface area contributed by atoms with E-state index in [1.807, 2.05) is 25.2 Å². The molecule has 0 unspecified atom stereocenters. The molecule has 1 aliphatic heterocycles. The first-order valence-corrected chi connectivity index (χ1v) is 8.04. The molecule has 1 N–H and O–H groups in total. The molecule has 5 rings (SSSR count). The third-order valence-electron chi connectivity index (χ3n) is 4.84. The van der Waals surface area contributed by atoms with Crippen molar-refractivity contribution in [3.8, 4) is 11.5 Å². The first kappa shape index (κ1) is 13.4. The van der Waals surface area contributed by atoms with Crippen molar-refractivity contribution in [1.82, 2.24) is 14.1 Å². The Morgan fingerprint density at radius 3 is 3.00 bits per heavy atom. The fourth-order valence-electron chi connectivity index (χ4n) is 3.71. The summed E-state index contributed by atoms with van der Waals surface area (Å²) in [5.41, 5.74) is 6.06. The molecule has 2 aromatic carbocycles. The number of carbonyl (C=O) groups is 1. The zero-order valence-electron chi connectivity index (χ0n) is 13.3. The van der Waals surface area contributed by atoms with Gasteiger partial charge in [0.05, 0.1) is 27.9 Å². The van der Waals surface area contributed by atoms with Crippen molar-refractivity contribution in [2.75, 3.05) is 11.9 Å². The summed E-state index contributed by atoms with van der Waals surface area (Å²) in [7, 11) is 2.03. The SMILES string of the molecule is Cn1c(-c2cc3cccc4c3n2CCN4)nc2cc(C=O)ccc21. The van der Waals surface area contributed by atoms with Gasteiger partial charge in [-0.1, -0.05) is 12.1 Å². The lowest BCUT2D eigenvalue weighted by atomic mass is 10.2. The van der Waals surface area contributed by atoms with Gasteiger partial charge in [-0.05, 0) is 30.3 Å². The number of fused-ring (bicyclic) bond motifs is 1. The Labute approximate surface area is 138 Å². The van der Waals surface area contributed by atoms with E-state index in [9.17, 15) is 4.79 Å². The van der Waals surface area contributed by atoms with Gasteiger partial charge >= 0.3 is 0 Å². The third-order valence-corrected chi connectivity index (χ3v) is 4.84. The maximum absolute atomic E-state index is 11.0. The van der Waals surface area contributed by atoms with Gasteiger partial charge in [-0.15, -0.1) is 0 Å². The summed E-state index contributed by atoms with van der Waals surface area (Å²) in [5, 5.41) is 4.68. The topological polar surface area (TPSA) is 51.9 Å². The lowest BCUT2D eigenvalue weighted by Gasteiger charge is -2.19. The van der Waals surface area contributed by atoms with Gasteiger partial charge in [0.2, 0.25) is 0 Å². The number of aryl methyl sites for hydroxylation is 1. The fourth-order valence-corrected chi connectivity index (χ4v) is 3.71. The average Bonchev–Trinajstić information content (AvgIpc) is 3.15. The van der Waals surface area contributed by atoms with Crippen molar-refractivity contribution >= 4 is 33.9 Å². The quantitative estimate of drug-likeness (QED) is 0.576. The van der Waals surface area contributed by atoms with Gasteiger partial charge in [-0.3, -0.25) is 4.79 Å². The summed E-state index contributed by atoms with van der Waals surface area (Å²) in [6.45, 7) is 1.83. The number of hydrogen-bond acceptors (Lipinski definition) is 3. The van der Waals surface area contributed by atoms with Crippen LogP contribution in [0.2, 0.25) is 0 Å². The Hall–Kier alpha value is -3.08. The van der Waals surface area contributed by atoms with Crippen LogP contribution in [0.1, 0.15) is 10.4 Å². The van der Waals surface area contributed by atoms with Crippen molar-refractivity contribution in [3.05, 3.63) is 48.0 Å². The van der Waals surface area contributed by atoms with Gasteiger partial charge < -0.3 is 14.5 Å². The molecule has 5 nitrogen and oxygen atoms in total. The number of benzene rings is 2. The van der Waals surface area contributed by atoms with Gasteiger partial charge in [0.25, 0.3) is 0 Å². The number of nitrogens with one attached hydrogen (secondary N) is 1. The Morgan fingerprint density at radius 1 is 1.21 bits per heavy atom. The van der Waals surface area contributed by atoms with Crippen LogP contribution in [0.25, 0.3) is 33.5 Å². The Morgan fingerprint density at radius 2 is 2.12 bits per heavy atom. The smallest absolute Gasteiger partial charge is 0.157 e. The lowest BCUT2D eigenvalue weighted by Crippen LogP contribution is -2.17. The molecule has 4 aromatic rings. The van der Waals surface area contributed by atoms with Crippen LogP contribution in [-0.4, -0.2) is 26.9 Å². The number of hydrogen-bond donors (Lipinski definition) is 1. The molecular formula is C19H16N4O. The molecule has 118 valence electrons. The highest BCUT2D eigenvalue weighted by atomic mass is 16.1. The number of aromatic nitrogens is 3. The molecule has 24 heavy (non-hydrogen) atoms. The highest BCUT2D eigenvalue weighted by Crippen LogP contribution is 2.35. The number of aldehydes is 1. The van der Waals surface area contributed by atoms with Gasteiger partial charge in [0.15, 0.2) is 5.82 Å². The highest BCUT2D eigenvalue weighted by molar-refractivity contribution is 5.97. The number of anilines is 1. The van der Waals surface area contributed by atoms with E-state index in [-0.39, 0.29) is 0 Å².